The van der Waals surface area contributed by atoms with Gasteiger partial charge in [-0.25, -0.2) is 0 Å². The summed E-state index contributed by atoms with van der Waals surface area (Å²) in [6, 6.07) is 10.0. The molecule has 0 saturated heterocycles. The number of hydrogen-bond donors (Lipinski definition) is 1. The molecule has 2 rings (SSSR count). The SMILES string of the molecule is C=C(CNCC)COc1cnc2ccccc2c1. The van der Waals surface area contributed by atoms with E-state index in [-0.39, 0.29) is 0 Å². The van der Waals surface area contributed by atoms with Crippen LogP contribution in [0.15, 0.2) is 48.7 Å². The summed E-state index contributed by atoms with van der Waals surface area (Å²) < 4.78 is 5.67. The Kier molecular flexibility index (Phi) is 4.31. The zero-order valence-corrected chi connectivity index (χ0v) is 10.6. The molecular weight excluding hydrogens is 224 g/mol. The number of likely N-dealkylation sites (N-methyl/N-ethyl adjacent to an activating group) is 1. The van der Waals surface area contributed by atoms with Gasteiger partial charge in [-0.2, -0.15) is 0 Å². The number of pyridine rings is 1. The lowest BCUT2D eigenvalue weighted by Crippen LogP contribution is -2.18. The third-order valence-electron chi connectivity index (χ3n) is 2.63. The van der Waals surface area contributed by atoms with E-state index in [4.69, 9.17) is 4.74 Å². The fourth-order valence-electron chi connectivity index (χ4n) is 1.67. The lowest BCUT2D eigenvalue weighted by Gasteiger charge is -2.09. The number of fused-ring (bicyclic) bond motifs is 1. The lowest BCUT2D eigenvalue weighted by atomic mass is 10.2. The van der Waals surface area contributed by atoms with Gasteiger partial charge in [-0.1, -0.05) is 31.7 Å². The largest absolute Gasteiger partial charge is 0.488 e. The summed E-state index contributed by atoms with van der Waals surface area (Å²) in [4.78, 5) is 4.35. The quantitative estimate of drug-likeness (QED) is 0.791. The first-order valence-electron chi connectivity index (χ1n) is 6.14. The molecule has 0 aliphatic heterocycles. The summed E-state index contributed by atoms with van der Waals surface area (Å²) >= 11 is 0. The van der Waals surface area contributed by atoms with E-state index in [1.54, 1.807) is 6.20 Å². The number of nitrogens with zero attached hydrogens (tertiary/aromatic N) is 1. The standard InChI is InChI=1S/C15H18N2O/c1-3-16-9-12(2)11-18-14-8-13-6-4-5-7-15(13)17-10-14/h4-8,10,16H,2-3,9,11H2,1H3. The molecule has 0 aliphatic carbocycles. The predicted octanol–water partition coefficient (Wildman–Crippen LogP) is 2.78. The number of para-hydroxylation sites is 1. The Hall–Kier alpha value is -1.87. The van der Waals surface area contributed by atoms with Crippen molar-refractivity contribution in [3.05, 3.63) is 48.7 Å². The number of rotatable bonds is 6. The van der Waals surface area contributed by atoms with E-state index in [1.165, 1.54) is 0 Å². The highest BCUT2D eigenvalue weighted by atomic mass is 16.5. The average Bonchev–Trinajstić information content (AvgIpc) is 2.42. The van der Waals surface area contributed by atoms with Gasteiger partial charge >= 0.3 is 0 Å². The predicted molar refractivity (Wildman–Crippen MR) is 74.9 cm³/mol. The molecule has 0 unspecified atom stereocenters. The zero-order valence-electron chi connectivity index (χ0n) is 10.6. The fourth-order valence-corrected chi connectivity index (χ4v) is 1.67. The molecule has 0 bridgehead atoms. The van der Waals surface area contributed by atoms with Crippen molar-refractivity contribution < 1.29 is 4.74 Å². The molecule has 1 N–H and O–H groups in total. The molecule has 0 saturated carbocycles. The molecule has 3 heteroatoms. The topological polar surface area (TPSA) is 34.1 Å². The maximum absolute atomic E-state index is 5.67. The molecule has 2 aromatic rings. The van der Waals surface area contributed by atoms with E-state index in [1.807, 2.05) is 30.3 Å². The van der Waals surface area contributed by atoms with E-state index in [0.29, 0.717) is 6.61 Å². The van der Waals surface area contributed by atoms with Gasteiger partial charge < -0.3 is 10.1 Å². The normalized spacial score (nSPS) is 10.5. The Morgan fingerprint density at radius 2 is 2.22 bits per heavy atom. The monoisotopic (exact) mass is 242 g/mol. The molecule has 1 heterocycles. The van der Waals surface area contributed by atoms with Crippen molar-refractivity contribution in [1.82, 2.24) is 10.3 Å². The lowest BCUT2D eigenvalue weighted by molar-refractivity contribution is 0.348. The second-order valence-corrected chi connectivity index (χ2v) is 4.18. The zero-order chi connectivity index (χ0) is 12.8. The van der Waals surface area contributed by atoms with Crippen LogP contribution < -0.4 is 10.1 Å². The molecular formula is C15H18N2O. The minimum Gasteiger partial charge on any atom is -0.488 e. The van der Waals surface area contributed by atoms with Gasteiger partial charge in [0.05, 0.1) is 11.7 Å². The van der Waals surface area contributed by atoms with E-state index < -0.39 is 0 Å². The summed E-state index contributed by atoms with van der Waals surface area (Å²) in [6.07, 6.45) is 1.75. The number of benzene rings is 1. The highest BCUT2D eigenvalue weighted by molar-refractivity contribution is 5.79. The van der Waals surface area contributed by atoms with Crippen LogP contribution >= 0.6 is 0 Å². The van der Waals surface area contributed by atoms with E-state index in [9.17, 15) is 0 Å². The van der Waals surface area contributed by atoms with Crippen LogP contribution in [0, 0.1) is 0 Å². The molecule has 18 heavy (non-hydrogen) atoms. The van der Waals surface area contributed by atoms with Crippen LogP contribution in [0.2, 0.25) is 0 Å². The van der Waals surface area contributed by atoms with Gasteiger partial charge in [0.15, 0.2) is 0 Å². The van der Waals surface area contributed by atoms with Gasteiger partial charge in [0.1, 0.15) is 12.4 Å². The minimum atomic E-state index is 0.521. The molecule has 1 aromatic heterocycles. The van der Waals surface area contributed by atoms with E-state index >= 15 is 0 Å². The molecule has 0 amide bonds. The van der Waals surface area contributed by atoms with Gasteiger partial charge in [-0.3, -0.25) is 4.98 Å². The molecule has 0 radical (unpaired) electrons. The van der Waals surface area contributed by atoms with Crippen LogP contribution in [0.4, 0.5) is 0 Å². The minimum absolute atomic E-state index is 0.521. The third kappa shape index (κ3) is 3.31. The fraction of sp³-hybridized carbons (Fsp3) is 0.267. The Balaban J connectivity index is 1.97. The summed E-state index contributed by atoms with van der Waals surface area (Å²) in [7, 11) is 0. The van der Waals surface area contributed by atoms with Crippen molar-refractivity contribution in [1.29, 1.82) is 0 Å². The van der Waals surface area contributed by atoms with Gasteiger partial charge in [-0.05, 0) is 24.3 Å². The van der Waals surface area contributed by atoms with Crippen molar-refractivity contribution in [3.8, 4) is 5.75 Å². The van der Waals surface area contributed by atoms with Crippen LogP contribution in [-0.4, -0.2) is 24.7 Å². The molecule has 0 fully saturated rings. The van der Waals surface area contributed by atoms with Gasteiger partial charge in [0.25, 0.3) is 0 Å². The Morgan fingerprint density at radius 1 is 1.39 bits per heavy atom. The molecule has 1 aromatic carbocycles. The third-order valence-corrected chi connectivity index (χ3v) is 2.63. The van der Waals surface area contributed by atoms with Crippen LogP contribution in [0.5, 0.6) is 5.75 Å². The molecule has 0 aliphatic rings. The summed E-state index contributed by atoms with van der Waals surface area (Å²) in [5.41, 5.74) is 2.02. The van der Waals surface area contributed by atoms with Crippen molar-refractivity contribution in [2.75, 3.05) is 19.7 Å². The highest BCUT2D eigenvalue weighted by Gasteiger charge is 1.99. The number of aromatic nitrogens is 1. The van der Waals surface area contributed by atoms with Crippen LogP contribution in [0.1, 0.15) is 6.92 Å². The second kappa shape index (κ2) is 6.17. The van der Waals surface area contributed by atoms with Crippen molar-refractivity contribution in [3.63, 3.8) is 0 Å². The smallest absolute Gasteiger partial charge is 0.138 e. The van der Waals surface area contributed by atoms with Crippen LogP contribution in [0.25, 0.3) is 10.9 Å². The Bertz CT molecular complexity index is 537. The summed E-state index contributed by atoms with van der Waals surface area (Å²) in [6.45, 7) is 8.28. The molecule has 94 valence electrons. The number of nitrogens with one attached hydrogen (secondary N) is 1. The van der Waals surface area contributed by atoms with Crippen molar-refractivity contribution >= 4 is 10.9 Å². The summed E-state index contributed by atoms with van der Waals surface area (Å²) in [5.74, 6) is 0.784. The van der Waals surface area contributed by atoms with E-state index in [2.05, 4.69) is 23.8 Å². The van der Waals surface area contributed by atoms with Crippen LogP contribution in [-0.2, 0) is 0 Å². The molecule has 0 spiro atoms. The second-order valence-electron chi connectivity index (χ2n) is 4.18. The summed E-state index contributed by atoms with van der Waals surface area (Å²) in [5, 5.41) is 4.31. The van der Waals surface area contributed by atoms with Gasteiger partial charge in [0.2, 0.25) is 0 Å². The first-order valence-corrected chi connectivity index (χ1v) is 6.14. The first kappa shape index (κ1) is 12.6. The van der Waals surface area contributed by atoms with Gasteiger partial charge in [0, 0.05) is 11.9 Å². The van der Waals surface area contributed by atoms with E-state index in [0.717, 1.165) is 35.3 Å². The maximum Gasteiger partial charge on any atom is 0.138 e. The van der Waals surface area contributed by atoms with Gasteiger partial charge in [-0.15, -0.1) is 0 Å². The number of ether oxygens (including phenoxy) is 1. The Morgan fingerprint density at radius 3 is 3.06 bits per heavy atom. The molecule has 0 atom stereocenters. The van der Waals surface area contributed by atoms with Crippen molar-refractivity contribution in [2.24, 2.45) is 0 Å². The maximum atomic E-state index is 5.67. The van der Waals surface area contributed by atoms with Crippen molar-refractivity contribution in [2.45, 2.75) is 6.92 Å². The Labute approximate surface area is 107 Å². The van der Waals surface area contributed by atoms with Crippen LogP contribution in [0.3, 0.4) is 0 Å². The highest BCUT2D eigenvalue weighted by Crippen LogP contribution is 2.18. The number of hydrogen-bond acceptors (Lipinski definition) is 3. The molecule has 3 nitrogen and oxygen atoms in total. The average molecular weight is 242 g/mol. The first-order chi connectivity index (χ1) is 8.79.